The summed E-state index contributed by atoms with van der Waals surface area (Å²) in [5.41, 5.74) is 13.7. The molecular formula is C28H42FN5. The monoisotopic (exact) mass is 467 g/mol. The lowest BCUT2D eigenvalue weighted by Gasteiger charge is -2.28. The van der Waals surface area contributed by atoms with Crippen LogP contribution in [0.4, 0.5) is 16.0 Å². The second-order valence-electron chi connectivity index (χ2n) is 10.1. The van der Waals surface area contributed by atoms with E-state index in [0.29, 0.717) is 11.8 Å². The van der Waals surface area contributed by atoms with Crippen molar-refractivity contribution in [3.8, 4) is 11.1 Å². The number of aliphatic imine (C=N–C) groups is 1. The van der Waals surface area contributed by atoms with Crippen molar-refractivity contribution in [2.24, 2.45) is 10.4 Å². The Labute approximate surface area is 204 Å². The van der Waals surface area contributed by atoms with Gasteiger partial charge in [0.05, 0.1) is 23.6 Å². The summed E-state index contributed by atoms with van der Waals surface area (Å²) in [4.78, 5) is 8.81. The first kappa shape index (κ1) is 27.5. The van der Waals surface area contributed by atoms with Gasteiger partial charge in [-0.05, 0) is 81.7 Å². The quantitative estimate of drug-likeness (QED) is 0.396. The van der Waals surface area contributed by atoms with Gasteiger partial charge in [0.25, 0.3) is 0 Å². The summed E-state index contributed by atoms with van der Waals surface area (Å²) < 4.78 is 12.5. The number of nitrogens with zero attached hydrogens (tertiary/aromatic N) is 4. The maximum atomic E-state index is 10.7. The molecule has 1 aromatic carbocycles. The number of fused-ring (bicyclic) bond motifs is 1. The summed E-state index contributed by atoms with van der Waals surface area (Å²) in [5.74, 6) is 0.284. The van der Waals surface area contributed by atoms with Crippen LogP contribution >= 0.6 is 0 Å². The van der Waals surface area contributed by atoms with E-state index < -0.39 is 0 Å². The molecule has 0 amide bonds. The molecule has 0 aliphatic heterocycles. The summed E-state index contributed by atoms with van der Waals surface area (Å²) >= 11 is 0. The van der Waals surface area contributed by atoms with Crippen molar-refractivity contribution < 1.29 is 4.39 Å². The molecule has 2 aromatic heterocycles. The van der Waals surface area contributed by atoms with E-state index in [-0.39, 0.29) is 12.6 Å². The predicted octanol–water partition coefficient (Wildman–Crippen LogP) is 8.05. The van der Waals surface area contributed by atoms with E-state index in [1.165, 1.54) is 32.1 Å². The number of nitrogens with two attached hydrogens (primary N) is 1. The summed E-state index contributed by atoms with van der Waals surface area (Å²) in [6, 6.07) is 8.32. The Hall–Kier alpha value is -2.76. The zero-order valence-electron chi connectivity index (χ0n) is 22.1. The zero-order valence-corrected chi connectivity index (χ0v) is 22.1. The third-order valence-electron chi connectivity index (χ3n) is 5.95. The van der Waals surface area contributed by atoms with Crippen molar-refractivity contribution in [1.82, 2.24) is 14.6 Å². The van der Waals surface area contributed by atoms with Gasteiger partial charge >= 0.3 is 0 Å². The summed E-state index contributed by atoms with van der Waals surface area (Å²) in [6.45, 7) is 14.4. The maximum Gasteiger partial charge on any atom is 0.238 e. The molecule has 1 saturated carbocycles. The average Bonchev–Trinajstić information content (AvgIpc) is 3.19. The smallest absolute Gasteiger partial charge is 0.238 e. The van der Waals surface area contributed by atoms with Gasteiger partial charge in [-0.25, -0.2) is 9.50 Å². The molecule has 3 aromatic rings. The van der Waals surface area contributed by atoms with E-state index in [9.17, 15) is 4.39 Å². The van der Waals surface area contributed by atoms with Gasteiger partial charge in [0.15, 0.2) is 0 Å². The largest absolute Gasteiger partial charge is 0.367 e. The number of nitrogen functional groups attached to an aromatic ring is 1. The number of hydrogen-bond acceptors (Lipinski definition) is 4. The highest BCUT2D eigenvalue weighted by molar-refractivity contribution is 5.85. The molecule has 0 bridgehead atoms. The third-order valence-corrected chi connectivity index (χ3v) is 5.95. The molecule has 1 aliphatic rings. The Kier molecular flexibility index (Phi) is 10.2. The fourth-order valence-electron chi connectivity index (χ4n) is 4.15. The average molecular weight is 468 g/mol. The van der Waals surface area contributed by atoms with Crippen molar-refractivity contribution >= 4 is 22.9 Å². The van der Waals surface area contributed by atoms with Gasteiger partial charge in [0.2, 0.25) is 5.95 Å². The molecule has 0 unspecified atom stereocenters. The van der Waals surface area contributed by atoms with Gasteiger partial charge in [-0.15, -0.1) is 5.10 Å². The molecule has 34 heavy (non-hydrogen) atoms. The number of benzene rings is 1. The number of alkyl halides is 1. The molecule has 4 rings (SSSR count). The number of aryl methyl sites for hydroxylation is 2. The molecule has 0 atom stereocenters. The number of aromatic nitrogens is 3. The SMILES string of the molecule is CC(C)=Nc1ccc(-c2ccn3nc(N)nc(C)c23)cc1C.CC1(C)CCCCC1.CCCF. The van der Waals surface area contributed by atoms with Crippen molar-refractivity contribution in [1.29, 1.82) is 0 Å². The second-order valence-corrected chi connectivity index (χ2v) is 10.1. The normalized spacial score (nSPS) is 14.5. The molecule has 0 spiro atoms. The molecule has 1 fully saturated rings. The van der Waals surface area contributed by atoms with Gasteiger partial charge in [-0.2, -0.15) is 0 Å². The lowest BCUT2D eigenvalue weighted by atomic mass is 9.78. The molecule has 6 heteroatoms. The predicted molar refractivity (Wildman–Crippen MR) is 144 cm³/mol. The van der Waals surface area contributed by atoms with Crippen molar-refractivity contribution in [3.63, 3.8) is 0 Å². The minimum atomic E-state index is -0.181. The van der Waals surface area contributed by atoms with E-state index in [4.69, 9.17) is 5.73 Å². The van der Waals surface area contributed by atoms with Crippen LogP contribution in [0.3, 0.4) is 0 Å². The van der Waals surface area contributed by atoms with Crippen LogP contribution in [0, 0.1) is 19.3 Å². The van der Waals surface area contributed by atoms with Crippen LogP contribution in [0.5, 0.6) is 0 Å². The van der Waals surface area contributed by atoms with Gasteiger partial charge in [0.1, 0.15) is 0 Å². The topological polar surface area (TPSA) is 68.6 Å². The highest BCUT2D eigenvalue weighted by Gasteiger charge is 2.20. The minimum Gasteiger partial charge on any atom is -0.367 e. The fraction of sp³-hybridized carbons (Fsp3) is 0.536. The van der Waals surface area contributed by atoms with Crippen molar-refractivity contribution in [2.45, 2.75) is 87.0 Å². The van der Waals surface area contributed by atoms with E-state index in [0.717, 1.165) is 39.3 Å². The van der Waals surface area contributed by atoms with Crippen LogP contribution in [0.1, 0.15) is 84.4 Å². The molecular weight excluding hydrogens is 425 g/mol. The van der Waals surface area contributed by atoms with Crippen LogP contribution < -0.4 is 5.73 Å². The zero-order chi connectivity index (χ0) is 25.3. The number of hydrogen-bond donors (Lipinski definition) is 1. The Morgan fingerprint density at radius 2 is 1.76 bits per heavy atom. The summed E-state index contributed by atoms with van der Waals surface area (Å²) in [5, 5.41) is 4.22. The minimum absolute atomic E-state index is 0.181. The second kappa shape index (κ2) is 12.6. The van der Waals surface area contributed by atoms with Crippen molar-refractivity contribution in [2.75, 3.05) is 12.4 Å². The van der Waals surface area contributed by atoms with Gasteiger partial charge in [0, 0.05) is 17.5 Å². The molecule has 0 saturated heterocycles. The van der Waals surface area contributed by atoms with Crippen LogP contribution in [0.15, 0.2) is 35.5 Å². The van der Waals surface area contributed by atoms with Crippen LogP contribution in [-0.4, -0.2) is 27.0 Å². The summed E-state index contributed by atoms with van der Waals surface area (Å²) in [7, 11) is 0. The number of rotatable bonds is 3. The van der Waals surface area contributed by atoms with Gasteiger partial charge in [-0.1, -0.05) is 46.1 Å². The standard InChI is InChI=1S/C17H19N5.C8H16.C3H7F/c1-10(2)19-15-6-5-13(9-11(15)3)14-7-8-22-16(14)12(4)20-17(18)21-22;1-8(2)6-4-3-5-7-8;1-2-3-4/h5-9H,1-4H3,(H2,18,21);3-7H2,1-2H3;2-3H2,1H3. The van der Waals surface area contributed by atoms with Gasteiger partial charge in [-0.3, -0.25) is 9.38 Å². The van der Waals surface area contributed by atoms with Gasteiger partial charge < -0.3 is 5.73 Å². The maximum absolute atomic E-state index is 10.7. The molecule has 1 aliphatic carbocycles. The molecule has 0 radical (unpaired) electrons. The Balaban J connectivity index is 0.000000281. The molecule has 2 heterocycles. The third kappa shape index (κ3) is 7.93. The Morgan fingerprint density at radius 3 is 2.26 bits per heavy atom. The Bertz CT molecular complexity index is 1080. The van der Waals surface area contributed by atoms with Crippen LogP contribution in [0.25, 0.3) is 16.6 Å². The Morgan fingerprint density at radius 1 is 1.12 bits per heavy atom. The first-order chi connectivity index (χ1) is 16.1. The highest BCUT2D eigenvalue weighted by atomic mass is 19.1. The molecule has 2 N–H and O–H groups in total. The van der Waals surface area contributed by atoms with E-state index in [1.807, 2.05) is 33.0 Å². The van der Waals surface area contributed by atoms with Crippen molar-refractivity contribution in [3.05, 3.63) is 41.7 Å². The molecule has 5 nitrogen and oxygen atoms in total. The highest BCUT2D eigenvalue weighted by Crippen LogP contribution is 2.34. The van der Waals surface area contributed by atoms with E-state index >= 15 is 0 Å². The van der Waals surface area contributed by atoms with Crippen LogP contribution in [0.2, 0.25) is 0 Å². The first-order valence-electron chi connectivity index (χ1n) is 12.4. The number of halogens is 1. The first-order valence-corrected chi connectivity index (χ1v) is 12.4. The number of anilines is 1. The summed E-state index contributed by atoms with van der Waals surface area (Å²) in [6.07, 6.45) is 9.87. The van der Waals surface area contributed by atoms with E-state index in [1.54, 1.807) is 11.4 Å². The molecule has 186 valence electrons. The fourth-order valence-corrected chi connectivity index (χ4v) is 4.15. The van der Waals surface area contributed by atoms with Crippen LogP contribution in [-0.2, 0) is 0 Å². The van der Waals surface area contributed by atoms with E-state index in [2.05, 4.69) is 54.0 Å². The lowest BCUT2D eigenvalue weighted by molar-refractivity contribution is 0.244. The lowest BCUT2D eigenvalue weighted by Crippen LogP contribution is -2.14.